The number of halogens is 1. The molecule has 2 atom stereocenters. The number of aromatic nitrogens is 3. The summed E-state index contributed by atoms with van der Waals surface area (Å²) >= 11 is 0. The Balaban J connectivity index is 1.60. The molecule has 0 amide bonds. The van der Waals surface area contributed by atoms with Gasteiger partial charge in [0.2, 0.25) is 0 Å². The van der Waals surface area contributed by atoms with Crippen LogP contribution in [0.25, 0.3) is 0 Å². The van der Waals surface area contributed by atoms with Gasteiger partial charge >= 0.3 is 0 Å². The number of aryl methyl sites for hydroxylation is 1. The van der Waals surface area contributed by atoms with E-state index in [0.29, 0.717) is 25.6 Å². The van der Waals surface area contributed by atoms with Crippen LogP contribution in [0.3, 0.4) is 0 Å². The van der Waals surface area contributed by atoms with Gasteiger partial charge in [-0.2, -0.15) is 0 Å². The van der Waals surface area contributed by atoms with Crippen molar-refractivity contribution >= 4 is 0 Å². The molecule has 1 aliphatic heterocycles. The fraction of sp³-hybridized carbons (Fsp3) is 0.667. The highest BCUT2D eigenvalue weighted by Gasteiger charge is 2.33. The van der Waals surface area contributed by atoms with Crippen LogP contribution in [0.1, 0.15) is 43.6 Å². The molecule has 138 valence electrons. The Kier molecular flexibility index (Phi) is 5.54. The number of alkyl halides is 1. The Morgan fingerprint density at radius 1 is 1.44 bits per heavy atom. The first-order valence-electron chi connectivity index (χ1n) is 8.93. The lowest BCUT2D eigenvalue weighted by atomic mass is 10.2. The second-order valence-electron chi connectivity index (χ2n) is 7.39. The summed E-state index contributed by atoms with van der Waals surface area (Å²) in [7, 11) is 2.07. The summed E-state index contributed by atoms with van der Waals surface area (Å²) in [6.07, 6.45) is 3.64. The predicted octanol–water partition coefficient (Wildman–Crippen LogP) is 2.80. The van der Waals surface area contributed by atoms with Crippen LogP contribution < -0.4 is 0 Å². The lowest BCUT2D eigenvalue weighted by molar-refractivity contribution is 0.163. The number of imidazole rings is 1. The lowest BCUT2D eigenvalue weighted by Crippen LogP contribution is -2.38. The molecule has 2 aromatic heterocycles. The van der Waals surface area contributed by atoms with Crippen molar-refractivity contribution in [3.05, 3.63) is 35.7 Å². The van der Waals surface area contributed by atoms with Gasteiger partial charge in [0, 0.05) is 43.6 Å². The molecule has 2 aromatic rings. The molecular formula is C18H28FN5O. The Morgan fingerprint density at radius 2 is 2.24 bits per heavy atom. The lowest BCUT2D eigenvalue weighted by Gasteiger charge is -2.27. The van der Waals surface area contributed by atoms with E-state index in [1.165, 1.54) is 0 Å². The molecule has 3 heterocycles. The minimum Gasteiger partial charge on any atom is -0.360 e. The highest BCUT2D eigenvalue weighted by molar-refractivity contribution is 5.04. The molecule has 25 heavy (non-hydrogen) atoms. The van der Waals surface area contributed by atoms with Crippen molar-refractivity contribution < 1.29 is 8.91 Å². The van der Waals surface area contributed by atoms with Crippen LogP contribution in [-0.2, 0) is 13.1 Å². The standard InChI is InChI=1S/C18H28FN5O/c1-13(2)24-6-5-20-18(24)12-22(4)10-16-8-15(19)9-23(16)11-17-7-14(3)21-25-17/h5-7,13,15-16H,8-12H2,1-4H3/t15-,16-/m0/s1. The molecule has 1 aliphatic rings. The summed E-state index contributed by atoms with van der Waals surface area (Å²) in [4.78, 5) is 8.85. The van der Waals surface area contributed by atoms with Crippen molar-refractivity contribution in [2.24, 2.45) is 0 Å². The zero-order valence-electron chi connectivity index (χ0n) is 15.5. The maximum absolute atomic E-state index is 14.0. The third-order valence-electron chi connectivity index (χ3n) is 4.75. The maximum Gasteiger partial charge on any atom is 0.150 e. The van der Waals surface area contributed by atoms with E-state index >= 15 is 0 Å². The molecule has 0 bridgehead atoms. The van der Waals surface area contributed by atoms with Gasteiger partial charge in [-0.25, -0.2) is 9.37 Å². The average Bonchev–Trinajstić information content (AvgIpc) is 3.22. The van der Waals surface area contributed by atoms with Crippen LogP contribution in [-0.4, -0.2) is 56.9 Å². The number of nitrogens with zero attached hydrogens (tertiary/aromatic N) is 5. The van der Waals surface area contributed by atoms with E-state index in [2.05, 4.69) is 45.4 Å². The minimum atomic E-state index is -0.778. The number of likely N-dealkylation sites (N-methyl/N-ethyl adjacent to an activating group) is 1. The summed E-state index contributed by atoms with van der Waals surface area (Å²) < 4.78 is 21.5. The molecule has 0 unspecified atom stereocenters. The van der Waals surface area contributed by atoms with Crippen molar-refractivity contribution in [2.75, 3.05) is 20.1 Å². The van der Waals surface area contributed by atoms with E-state index in [4.69, 9.17) is 4.52 Å². The van der Waals surface area contributed by atoms with Crippen molar-refractivity contribution in [3.63, 3.8) is 0 Å². The largest absolute Gasteiger partial charge is 0.360 e. The van der Waals surface area contributed by atoms with E-state index in [0.717, 1.165) is 30.4 Å². The molecule has 0 radical (unpaired) electrons. The third kappa shape index (κ3) is 4.46. The smallest absolute Gasteiger partial charge is 0.150 e. The van der Waals surface area contributed by atoms with Crippen LogP contribution in [0.15, 0.2) is 23.0 Å². The van der Waals surface area contributed by atoms with E-state index in [-0.39, 0.29) is 6.04 Å². The fourth-order valence-corrected chi connectivity index (χ4v) is 3.60. The summed E-state index contributed by atoms with van der Waals surface area (Å²) in [6.45, 7) is 8.83. The predicted molar refractivity (Wildman–Crippen MR) is 93.9 cm³/mol. The Morgan fingerprint density at radius 3 is 2.92 bits per heavy atom. The Hall–Kier alpha value is -1.73. The average molecular weight is 349 g/mol. The zero-order chi connectivity index (χ0) is 18.0. The Labute approximate surface area is 148 Å². The normalized spacial score (nSPS) is 21.7. The monoisotopic (exact) mass is 349 g/mol. The molecule has 7 heteroatoms. The molecule has 0 aromatic carbocycles. The van der Waals surface area contributed by atoms with Gasteiger partial charge in [0.25, 0.3) is 0 Å². The van der Waals surface area contributed by atoms with Crippen molar-refractivity contribution in [1.29, 1.82) is 0 Å². The first kappa shape index (κ1) is 18.1. The second-order valence-corrected chi connectivity index (χ2v) is 7.39. The summed E-state index contributed by atoms with van der Waals surface area (Å²) in [5.41, 5.74) is 0.861. The van der Waals surface area contributed by atoms with Gasteiger partial charge < -0.3 is 9.09 Å². The molecule has 0 N–H and O–H groups in total. The van der Waals surface area contributed by atoms with Crippen LogP contribution in [0.2, 0.25) is 0 Å². The van der Waals surface area contributed by atoms with Crippen molar-refractivity contribution in [2.45, 2.75) is 58.5 Å². The van der Waals surface area contributed by atoms with Gasteiger partial charge in [-0.05, 0) is 34.2 Å². The van der Waals surface area contributed by atoms with E-state index in [1.807, 2.05) is 25.4 Å². The number of hydrogen-bond donors (Lipinski definition) is 0. The van der Waals surface area contributed by atoms with Crippen LogP contribution >= 0.6 is 0 Å². The number of rotatable bonds is 7. The fourth-order valence-electron chi connectivity index (χ4n) is 3.60. The molecule has 1 saturated heterocycles. The van der Waals surface area contributed by atoms with Gasteiger partial charge in [-0.3, -0.25) is 9.80 Å². The first-order valence-corrected chi connectivity index (χ1v) is 8.93. The second kappa shape index (κ2) is 7.66. The SMILES string of the molecule is Cc1cc(CN2C[C@@H](F)C[C@H]2CN(C)Cc2nccn2C(C)C)on1. The third-order valence-corrected chi connectivity index (χ3v) is 4.75. The molecule has 1 fully saturated rings. The minimum absolute atomic E-state index is 0.174. The summed E-state index contributed by atoms with van der Waals surface area (Å²) in [6, 6.07) is 2.48. The van der Waals surface area contributed by atoms with Crippen molar-refractivity contribution in [1.82, 2.24) is 24.5 Å². The Bertz CT molecular complexity index is 683. The van der Waals surface area contributed by atoms with Crippen LogP contribution in [0, 0.1) is 6.92 Å². The van der Waals surface area contributed by atoms with E-state index < -0.39 is 6.17 Å². The maximum atomic E-state index is 14.0. The van der Waals surface area contributed by atoms with Gasteiger partial charge in [0.1, 0.15) is 12.0 Å². The molecule has 0 spiro atoms. The number of likely N-dealkylation sites (tertiary alicyclic amines) is 1. The van der Waals surface area contributed by atoms with Gasteiger partial charge in [0.05, 0.1) is 18.8 Å². The highest BCUT2D eigenvalue weighted by atomic mass is 19.1. The summed E-state index contributed by atoms with van der Waals surface area (Å²) in [5, 5.41) is 3.92. The zero-order valence-corrected chi connectivity index (χ0v) is 15.5. The van der Waals surface area contributed by atoms with E-state index in [1.54, 1.807) is 0 Å². The molecule has 0 aliphatic carbocycles. The quantitative estimate of drug-likeness (QED) is 0.769. The van der Waals surface area contributed by atoms with Gasteiger partial charge in [-0.1, -0.05) is 5.16 Å². The summed E-state index contributed by atoms with van der Waals surface area (Å²) in [5.74, 6) is 1.85. The number of hydrogen-bond acceptors (Lipinski definition) is 5. The van der Waals surface area contributed by atoms with Gasteiger partial charge in [-0.15, -0.1) is 0 Å². The molecule has 0 saturated carbocycles. The van der Waals surface area contributed by atoms with Crippen molar-refractivity contribution in [3.8, 4) is 0 Å². The van der Waals surface area contributed by atoms with Crippen LogP contribution in [0.5, 0.6) is 0 Å². The highest BCUT2D eigenvalue weighted by Crippen LogP contribution is 2.24. The molecule has 3 rings (SSSR count). The molecule has 6 nitrogen and oxygen atoms in total. The topological polar surface area (TPSA) is 50.3 Å². The van der Waals surface area contributed by atoms with E-state index in [9.17, 15) is 4.39 Å². The van der Waals surface area contributed by atoms with Crippen LogP contribution in [0.4, 0.5) is 4.39 Å². The van der Waals surface area contributed by atoms with Gasteiger partial charge in [0.15, 0.2) is 5.76 Å². The first-order chi connectivity index (χ1) is 11.9. The molecular weight excluding hydrogens is 321 g/mol.